The Balaban J connectivity index is 2.36. The number of hydrogen-bond acceptors (Lipinski definition) is 5. The Morgan fingerprint density at radius 1 is 1.39 bits per heavy atom. The Hall–Kier alpha value is -2.00. The highest BCUT2D eigenvalue weighted by Gasteiger charge is 2.36. The van der Waals surface area contributed by atoms with Crippen LogP contribution >= 0.6 is 0 Å². The van der Waals surface area contributed by atoms with Crippen molar-refractivity contribution < 1.29 is 23.2 Å². The summed E-state index contributed by atoms with van der Waals surface area (Å²) < 4.78 is 26.5. The van der Waals surface area contributed by atoms with Gasteiger partial charge in [-0.05, 0) is 31.4 Å². The molecule has 0 bridgehead atoms. The van der Waals surface area contributed by atoms with E-state index in [1.807, 2.05) is 0 Å². The normalized spacial score (nSPS) is 22.7. The fraction of sp³-hybridized carbons (Fsp3) is 0.500. The van der Waals surface area contributed by atoms with Crippen LogP contribution in [0.3, 0.4) is 0 Å². The van der Waals surface area contributed by atoms with E-state index >= 15 is 0 Å². The molecule has 1 aliphatic rings. The lowest BCUT2D eigenvalue weighted by Crippen LogP contribution is -2.45. The number of benzene rings is 1. The number of aliphatic carboxylic acids is 1. The highest BCUT2D eigenvalue weighted by Crippen LogP contribution is 2.29. The first kappa shape index (κ1) is 17.4. The van der Waals surface area contributed by atoms with Gasteiger partial charge >= 0.3 is 5.97 Å². The molecule has 1 aromatic rings. The molecule has 0 aliphatic carbocycles. The summed E-state index contributed by atoms with van der Waals surface area (Å²) in [5.74, 6) is -1.83. The zero-order valence-corrected chi connectivity index (χ0v) is 13.6. The Kier molecular flexibility index (Phi) is 4.71. The molecule has 0 radical (unpaired) electrons. The smallest absolute Gasteiger partial charge is 0.307 e. The first-order valence-corrected chi connectivity index (χ1v) is 8.55. The standard InChI is InChI=1S/C14H18N2O6S/c1-9-5-11(14(17)18)8-15(7-9)23(21,22)12-3-4-13(16(19)20)10(2)6-12/h3-4,6,9,11H,5,7-8H2,1-2H3,(H,17,18). The second kappa shape index (κ2) is 6.25. The Morgan fingerprint density at radius 3 is 2.57 bits per heavy atom. The first-order valence-electron chi connectivity index (χ1n) is 7.11. The van der Waals surface area contributed by atoms with Gasteiger partial charge in [-0.1, -0.05) is 6.92 Å². The molecule has 0 amide bonds. The molecule has 1 saturated heterocycles. The summed E-state index contributed by atoms with van der Waals surface area (Å²) in [5, 5.41) is 20.0. The number of rotatable bonds is 4. The number of carbonyl (C=O) groups is 1. The molecule has 0 saturated carbocycles. The predicted octanol–water partition coefficient (Wildman–Crippen LogP) is 1.63. The SMILES string of the molecule is Cc1cc(S(=O)(=O)N2CC(C)CC(C(=O)O)C2)ccc1[N+](=O)[O-]. The van der Waals surface area contributed by atoms with Gasteiger partial charge in [0, 0.05) is 24.7 Å². The van der Waals surface area contributed by atoms with Crippen molar-refractivity contribution in [3.05, 3.63) is 33.9 Å². The van der Waals surface area contributed by atoms with Crippen LogP contribution in [-0.2, 0) is 14.8 Å². The number of aryl methyl sites for hydroxylation is 1. The lowest BCUT2D eigenvalue weighted by molar-refractivity contribution is -0.385. The van der Waals surface area contributed by atoms with E-state index in [4.69, 9.17) is 5.11 Å². The van der Waals surface area contributed by atoms with E-state index in [-0.39, 0.29) is 35.2 Å². The van der Waals surface area contributed by atoms with Gasteiger partial charge in [0.15, 0.2) is 0 Å². The molecule has 1 aliphatic heterocycles. The van der Waals surface area contributed by atoms with E-state index < -0.39 is 26.8 Å². The molecular formula is C14H18N2O6S. The summed E-state index contributed by atoms with van der Waals surface area (Å²) in [7, 11) is -3.88. The van der Waals surface area contributed by atoms with Gasteiger partial charge < -0.3 is 5.11 Å². The molecule has 1 heterocycles. The van der Waals surface area contributed by atoms with Gasteiger partial charge in [0.25, 0.3) is 5.69 Å². The summed E-state index contributed by atoms with van der Waals surface area (Å²) in [6.07, 6.45) is 0.431. The molecule has 0 aromatic heterocycles. The van der Waals surface area contributed by atoms with Gasteiger partial charge in [-0.2, -0.15) is 4.31 Å². The number of piperidine rings is 1. The number of sulfonamides is 1. The highest BCUT2D eigenvalue weighted by molar-refractivity contribution is 7.89. The van der Waals surface area contributed by atoms with Crippen molar-refractivity contribution in [3.63, 3.8) is 0 Å². The second-order valence-electron chi connectivity index (χ2n) is 5.90. The molecule has 1 aromatic carbocycles. The second-order valence-corrected chi connectivity index (χ2v) is 7.84. The van der Waals surface area contributed by atoms with E-state index in [1.54, 1.807) is 6.92 Å². The van der Waals surface area contributed by atoms with Crippen molar-refractivity contribution in [3.8, 4) is 0 Å². The molecule has 2 atom stereocenters. The van der Waals surface area contributed by atoms with E-state index in [2.05, 4.69) is 0 Å². The largest absolute Gasteiger partial charge is 0.481 e. The van der Waals surface area contributed by atoms with Gasteiger partial charge in [-0.25, -0.2) is 8.42 Å². The zero-order valence-electron chi connectivity index (χ0n) is 12.8. The summed E-state index contributed by atoms with van der Waals surface area (Å²) in [4.78, 5) is 21.4. The van der Waals surface area contributed by atoms with Crippen LogP contribution in [0, 0.1) is 28.9 Å². The van der Waals surface area contributed by atoms with Crippen molar-refractivity contribution in [2.45, 2.75) is 25.2 Å². The van der Waals surface area contributed by atoms with Crippen LogP contribution in [0.25, 0.3) is 0 Å². The van der Waals surface area contributed by atoms with Gasteiger partial charge in [0.05, 0.1) is 15.7 Å². The van der Waals surface area contributed by atoms with Crippen molar-refractivity contribution >= 4 is 21.7 Å². The average molecular weight is 342 g/mol. The summed E-state index contributed by atoms with van der Waals surface area (Å²) in [6, 6.07) is 3.60. The molecule has 1 fully saturated rings. The molecule has 2 rings (SSSR count). The summed E-state index contributed by atoms with van der Waals surface area (Å²) >= 11 is 0. The number of nitrogens with zero attached hydrogens (tertiary/aromatic N) is 2. The van der Waals surface area contributed by atoms with Crippen molar-refractivity contribution in [2.24, 2.45) is 11.8 Å². The third-order valence-electron chi connectivity index (χ3n) is 3.98. The van der Waals surface area contributed by atoms with Crippen molar-refractivity contribution in [1.29, 1.82) is 0 Å². The molecule has 2 unspecified atom stereocenters. The molecule has 8 nitrogen and oxygen atoms in total. The molecule has 0 spiro atoms. The number of carboxylic acids is 1. The van der Waals surface area contributed by atoms with Crippen LogP contribution in [0.15, 0.2) is 23.1 Å². The van der Waals surface area contributed by atoms with E-state index in [9.17, 15) is 23.3 Å². The van der Waals surface area contributed by atoms with Gasteiger partial charge in [-0.3, -0.25) is 14.9 Å². The van der Waals surface area contributed by atoms with Crippen LogP contribution < -0.4 is 0 Å². The predicted molar refractivity (Wildman–Crippen MR) is 81.5 cm³/mol. The topological polar surface area (TPSA) is 118 Å². The fourth-order valence-corrected chi connectivity index (χ4v) is 4.51. The fourth-order valence-electron chi connectivity index (χ4n) is 2.82. The van der Waals surface area contributed by atoms with Gasteiger partial charge in [-0.15, -0.1) is 0 Å². The Bertz CT molecular complexity index is 746. The molecular weight excluding hydrogens is 324 g/mol. The zero-order chi connectivity index (χ0) is 17.4. The van der Waals surface area contributed by atoms with Gasteiger partial charge in [0.1, 0.15) is 0 Å². The minimum Gasteiger partial charge on any atom is -0.481 e. The molecule has 9 heteroatoms. The monoisotopic (exact) mass is 342 g/mol. The van der Waals surface area contributed by atoms with Crippen molar-refractivity contribution in [2.75, 3.05) is 13.1 Å². The maximum atomic E-state index is 12.7. The third kappa shape index (κ3) is 3.50. The van der Waals surface area contributed by atoms with Crippen LogP contribution in [0.2, 0.25) is 0 Å². The Morgan fingerprint density at radius 2 is 2.04 bits per heavy atom. The molecule has 1 N–H and O–H groups in total. The summed E-state index contributed by atoms with van der Waals surface area (Å²) in [5.41, 5.74) is 0.0929. The Labute approximate surface area is 133 Å². The molecule has 126 valence electrons. The van der Waals surface area contributed by atoms with E-state index in [0.717, 1.165) is 10.4 Å². The number of hydrogen-bond donors (Lipinski definition) is 1. The minimum absolute atomic E-state index is 0.0566. The number of nitro groups is 1. The maximum Gasteiger partial charge on any atom is 0.307 e. The first-order chi connectivity index (χ1) is 10.6. The lowest BCUT2D eigenvalue weighted by atomic mass is 9.92. The van der Waals surface area contributed by atoms with Crippen LogP contribution in [0.5, 0.6) is 0 Å². The third-order valence-corrected chi connectivity index (χ3v) is 5.81. The van der Waals surface area contributed by atoms with E-state index in [0.29, 0.717) is 6.42 Å². The maximum absolute atomic E-state index is 12.7. The van der Waals surface area contributed by atoms with Crippen LogP contribution in [0.1, 0.15) is 18.9 Å². The lowest BCUT2D eigenvalue weighted by Gasteiger charge is -2.33. The van der Waals surface area contributed by atoms with Crippen LogP contribution in [-0.4, -0.2) is 41.8 Å². The van der Waals surface area contributed by atoms with Gasteiger partial charge in [0.2, 0.25) is 10.0 Å². The molecule has 23 heavy (non-hydrogen) atoms. The number of nitro benzene ring substituents is 1. The van der Waals surface area contributed by atoms with Crippen LogP contribution in [0.4, 0.5) is 5.69 Å². The van der Waals surface area contributed by atoms with Crippen molar-refractivity contribution in [1.82, 2.24) is 4.31 Å². The quantitative estimate of drug-likeness (QED) is 0.656. The van der Waals surface area contributed by atoms with E-state index in [1.165, 1.54) is 19.1 Å². The minimum atomic E-state index is -3.88. The number of carboxylic acid groups (broad SMARTS) is 1. The summed E-state index contributed by atoms with van der Waals surface area (Å²) in [6.45, 7) is 3.43. The highest BCUT2D eigenvalue weighted by atomic mass is 32.2. The average Bonchev–Trinajstić information content (AvgIpc) is 2.45.